The summed E-state index contributed by atoms with van der Waals surface area (Å²) in [5.74, 6) is 1.28. The molecule has 0 aromatic carbocycles. The van der Waals surface area contributed by atoms with Crippen molar-refractivity contribution in [3.8, 4) is 0 Å². The molecular weight excluding hydrogens is 216 g/mol. The maximum Gasteiger partial charge on any atom is 0.225 e. The van der Waals surface area contributed by atoms with Crippen LogP contribution in [0.25, 0.3) is 0 Å². The Bertz CT molecular complexity index is 267. The number of carbonyl (C=O) groups excluding carboxylic acids is 1. The molecule has 0 aromatic heterocycles. The van der Waals surface area contributed by atoms with Gasteiger partial charge in [0.1, 0.15) is 0 Å². The number of hydrogen-bond donors (Lipinski definition) is 1. The molecule has 4 heteroatoms. The molecule has 0 aromatic rings. The Morgan fingerprint density at radius 1 is 1.12 bits per heavy atom. The Balaban J connectivity index is 1.64. The lowest BCUT2D eigenvalue weighted by Crippen LogP contribution is -2.43. The average Bonchev–Trinajstić information content (AvgIpc) is 2.72. The summed E-state index contributed by atoms with van der Waals surface area (Å²) in [5, 5.41) is 3.55. The second-order valence-electron chi connectivity index (χ2n) is 5.68. The van der Waals surface area contributed by atoms with E-state index in [-0.39, 0.29) is 5.92 Å². The van der Waals surface area contributed by atoms with E-state index < -0.39 is 0 Å². The van der Waals surface area contributed by atoms with Crippen LogP contribution in [0.2, 0.25) is 0 Å². The molecule has 96 valence electrons. The third-order valence-corrected chi connectivity index (χ3v) is 4.42. The van der Waals surface area contributed by atoms with Crippen LogP contribution in [0.5, 0.6) is 0 Å². The molecule has 2 bridgehead atoms. The van der Waals surface area contributed by atoms with Crippen LogP contribution in [0.3, 0.4) is 0 Å². The summed E-state index contributed by atoms with van der Waals surface area (Å²) >= 11 is 0. The number of piperidine rings is 1. The van der Waals surface area contributed by atoms with Gasteiger partial charge in [-0.05, 0) is 38.1 Å². The maximum atomic E-state index is 12.5. The molecule has 1 N–H and O–H groups in total. The van der Waals surface area contributed by atoms with Gasteiger partial charge in [-0.25, -0.2) is 0 Å². The van der Waals surface area contributed by atoms with Crippen molar-refractivity contribution in [1.29, 1.82) is 0 Å². The van der Waals surface area contributed by atoms with Gasteiger partial charge in [-0.15, -0.1) is 0 Å². The summed E-state index contributed by atoms with van der Waals surface area (Å²) in [6, 6.07) is 0.539. The van der Waals surface area contributed by atoms with Gasteiger partial charge in [0.05, 0.1) is 0 Å². The van der Waals surface area contributed by atoms with Crippen molar-refractivity contribution in [1.82, 2.24) is 10.2 Å². The van der Waals surface area contributed by atoms with Crippen molar-refractivity contribution >= 4 is 5.91 Å². The highest BCUT2D eigenvalue weighted by atomic mass is 16.5. The minimum absolute atomic E-state index is 0.223. The SMILES string of the molecule is O=C(C1CCOCC1)N1C[C@H]2CC[C@@H](C1)NC2. The van der Waals surface area contributed by atoms with Gasteiger partial charge in [0, 0.05) is 38.3 Å². The molecule has 4 rings (SSSR count). The average molecular weight is 238 g/mol. The zero-order chi connectivity index (χ0) is 11.7. The first-order valence-corrected chi connectivity index (χ1v) is 6.93. The number of nitrogens with one attached hydrogen (secondary N) is 1. The molecule has 4 nitrogen and oxygen atoms in total. The number of nitrogens with zero attached hydrogens (tertiary/aromatic N) is 1. The fourth-order valence-electron chi connectivity index (χ4n) is 3.32. The Kier molecular flexibility index (Phi) is 3.34. The smallest absolute Gasteiger partial charge is 0.225 e. The third-order valence-electron chi connectivity index (χ3n) is 4.42. The van der Waals surface area contributed by atoms with Crippen molar-refractivity contribution in [2.24, 2.45) is 11.8 Å². The predicted octanol–water partition coefficient (Wildman–Crippen LogP) is 0.623. The van der Waals surface area contributed by atoms with Gasteiger partial charge in [0.2, 0.25) is 5.91 Å². The molecule has 4 aliphatic heterocycles. The topological polar surface area (TPSA) is 41.6 Å². The van der Waals surface area contributed by atoms with Crippen LogP contribution in [-0.2, 0) is 9.53 Å². The van der Waals surface area contributed by atoms with Crippen LogP contribution in [0.1, 0.15) is 25.7 Å². The molecule has 17 heavy (non-hydrogen) atoms. The van der Waals surface area contributed by atoms with E-state index in [1.165, 1.54) is 12.8 Å². The standard InChI is InChI=1S/C13H22N2O2/c16-13(11-3-5-17-6-4-11)15-8-10-1-2-12(9-15)14-7-10/h10-12,14H,1-9H2/t10-,12-/m0/s1. The van der Waals surface area contributed by atoms with Crippen molar-refractivity contribution in [3.63, 3.8) is 0 Å². The number of amides is 1. The number of ether oxygens (including phenoxy) is 1. The summed E-state index contributed by atoms with van der Waals surface area (Å²) in [6.07, 6.45) is 4.35. The quantitative estimate of drug-likeness (QED) is 0.728. The molecule has 0 saturated carbocycles. The Morgan fingerprint density at radius 3 is 2.65 bits per heavy atom. The van der Waals surface area contributed by atoms with E-state index in [1.807, 2.05) is 0 Å². The van der Waals surface area contributed by atoms with Crippen LogP contribution in [0.4, 0.5) is 0 Å². The van der Waals surface area contributed by atoms with Crippen molar-refractivity contribution < 1.29 is 9.53 Å². The van der Waals surface area contributed by atoms with Crippen LogP contribution in [0.15, 0.2) is 0 Å². The van der Waals surface area contributed by atoms with Gasteiger partial charge in [-0.1, -0.05) is 0 Å². The minimum atomic E-state index is 0.223. The van der Waals surface area contributed by atoms with Gasteiger partial charge >= 0.3 is 0 Å². The zero-order valence-electron chi connectivity index (χ0n) is 10.4. The summed E-state index contributed by atoms with van der Waals surface area (Å²) < 4.78 is 5.33. The number of fused-ring (bicyclic) bond motifs is 4. The fraction of sp³-hybridized carbons (Fsp3) is 0.923. The van der Waals surface area contributed by atoms with E-state index in [4.69, 9.17) is 4.74 Å². The van der Waals surface area contributed by atoms with Crippen LogP contribution in [-0.4, -0.2) is 49.7 Å². The minimum Gasteiger partial charge on any atom is -0.381 e. The van der Waals surface area contributed by atoms with Crippen molar-refractivity contribution in [2.75, 3.05) is 32.8 Å². The van der Waals surface area contributed by atoms with E-state index in [1.54, 1.807) is 0 Å². The highest BCUT2D eigenvalue weighted by Crippen LogP contribution is 2.25. The molecular formula is C13H22N2O2. The zero-order valence-corrected chi connectivity index (χ0v) is 10.4. The van der Waals surface area contributed by atoms with Crippen molar-refractivity contribution in [3.05, 3.63) is 0 Å². The summed E-state index contributed by atoms with van der Waals surface area (Å²) in [4.78, 5) is 14.6. The summed E-state index contributed by atoms with van der Waals surface area (Å²) in [6.45, 7) is 4.51. The van der Waals surface area contributed by atoms with E-state index in [0.29, 0.717) is 17.9 Å². The maximum absolute atomic E-state index is 12.5. The first kappa shape index (κ1) is 11.5. The van der Waals surface area contributed by atoms with E-state index in [9.17, 15) is 4.79 Å². The lowest BCUT2D eigenvalue weighted by Gasteiger charge is -2.29. The van der Waals surface area contributed by atoms with Gasteiger partial charge < -0.3 is 15.0 Å². The summed E-state index contributed by atoms with van der Waals surface area (Å²) in [7, 11) is 0. The van der Waals surface area contributed by atoms with Gasteiger partial charge in [0.15, 0.2) is 0 Å². The Morgan fingerprint density at radius 2 is 1.94 bits per heavy atom. The van der Waals surface area contributed by atoms with Gasteiger partial charge in [0.25, 0.3) is 0 Å². The molecule has 4 heterocycles. The monoisotopic (exact) mass is 238 g/mol. The van der Waals surface area contributed by atoms with Crippen LogP contribution in [0, 0.1) is 11.8 Å². The van der Waals surface area contributed by atoms with E-state index in [0.717, 1.165) is 45.7 Å². The fourth-order valence-corrected chi connectivity index (χ4v) is 3.32. The Labute approximate surface area is 103 Å². The molecule has 4 aliphatic rings. The third kappa shape index (κ3) is 2.47. The van der Waals surface area contributed by atoms with Gasteiger partial charge in [-0.3, -0.25) is 4.79 Å². The highest BCUT2D eigenvalue weighted by Gasteiger charge is 2.34. The van der Waals surface area contributed by atoms with E-state index in [2.05, 4.69) is 10.2 Å². The number of carbonyl (C=O) groups is 1. The largest absolute Gasteiger partial charge is 0.381 e. The molecule has 0 aliphatic carbocycles. The second kappa shape index (κ2) is 4.94. The second-order valence-corrected chi connectivity index (χ2v) is 5.68. The predicted molar refractivity (Wildman–Crippen MR) is 64.6 cm³/mol. The van der Waals surface area contributed by atoms with Crippen molar-refractivity contribution in [2.45, 2.75) is 31.7 Å². The number of hydrogen-bond acceptors (Lipinski definition) is 3. The first-order chi connectivity index (χ1) is 8.33. The lowest BCUT2D eigenvalue weighted by molar-refractivity contribution is -0.138. The molecule has 0 spiro atoms. The Hall–Kier alpha value is -0.610. The van der Waals surface area contributed by atoms with Crippen LogP contribution < -0.4 is 5.32 Å². The lowest BCUT2D eigenvalue weighted by atomic mass is 9.97. The highest BCUT2D eigenvalue weighted by molar-refractivity contribution is 5.79. The molecule has 4 fully saturated rings. The molecule has 0 radical (unpaired) electrons. The summed E-state index contributed by atoms with van der Waals surface area (Å²) in [5.41, 5.74) is 0. The molecule has 2 atom stereocenters. The molecule has 4 saturated heterocycles. The van der Waals surface area contributed by atoms with Gasteiger partial charge in [-0.2, -0.15) is 0 Å². The first-order valence-electron chi connectivity index (χ1n) is 6.93. The normalized spacial score (nSPS) is 34.7. The number of rotatable bonds is 1. The molecule has 1 amide bonds. The molecule has 0 unspecified atom stereocenters. The van der Waals surface area contributed by atoms with E-state index >= 15 is 0 Å². The van der Waals surface area contributed by atoms with Crippen LogP contribution >= 0.6 is 0 Å².